The Kier molecular flexibility index (Phi) is 3.83. The number of thioether (sulfide) groups is 1. The molecule has 1 aromatic carbocycles. The minimum Gasteiger partial charge on any atom is -0.550 e. The SMILES string of the molecule is CSCc1ccc(CC(=O)[O-])cc1. The molecule has 2 nitrogen and oxygen atoms in total. The summed E-state index contributed by atoms with van der Waals surface area (Å²) < 4.78 is 0. The van der Waals surface area contributed by atoms with E-state index in [0.717, 1.165) is 11.3 Å². The monoisotopic (exact) mass is 195 g/mol. The van der Waals surface area contributed by atoms with Gasteiger partial charge >= 0.3 is 0 Å². The zero-order valence-corrected chi connectivity index (χ0v) is 8.26. The van der Waals surface area contributed by atoms with Crippen LogP contribution in [0.15, 0.2) is 24.3 Å². The first-order valence-electron chi connectivity index (χ1n) is 3.99. The molecular weight excluding hydrogens is 184 g/mol. The maximum absolute atomic E-state index is 10.3. The Hall–Kier alpha value is -0.960. The van der Waals surface area contributed by atoms with Crippen molar-refractivity contribution in [3.8, 4) is 0 Å². The highest BCUT2D eigenvalue weighted by Crippen LogP contribution is 2.10. The smallest absolute Gasteiger partial charge is 0.0458 e. The Morgan fingerprint density at radius 1 is 1.31 bits per heavy atom. The molecule has 0 aliphatic carbocycles. The van der Waals surface area contributed by atoms with E-state index in [-0.39, 0.29) is 6.42 Å². The van der Waals surface area contributed by atoms with Crippen LogP contribution < -0.4 is 5.11 Å². The molecule has 0 atom stereocenters. The van der Waals surface area contributed by atoms with Gasteiger partial charge in [0.1, 0.15) is 0 Å². The molecule has 0 fully saturated rings. The summed E-state index contributed by atoms with van der Waals surface area (Å²) in [7, 11) is 0. The Labute approximate surface area is 82.0 Å². The van der Waals surface area contributed by atoms with Gasteiger partial charge in [-0.05, 0) is 17.4 Å². The minimum atomic E-state index is -1.03. The second kappa shape index (κ2) is 4.92. The number of carboxylic acids is 1. The molecule has 0 saturated heterocycles. The van der Waals surface area contributed by atoms with Gasteiger partial charge in [-0.3, -0.25) is 0 Å². The van der Waals surface area contributed by atoms with Gasteiger partial charge in [0.05, 0.1) is 0 Å². The first-order valence-corrected chi connectivity index (χ1v) is 5.38. The van der Waals surface area contributed by atoms with Crippen molar-refractivity contribution in [1.82, 2.24) is 0 Å². The van der Waals surface area contributed by atoms with Crippen LogP contribution in [-0.2, 0) is 17.0 Å². The third kappa shape index (κ3) is 3.51. The van der Waals surface area contributed by atoms with Crippen molar-refractivity contribution in [1.29, 1.82) is 0 Å². The lowest BCUT2D eigenvalue weighted by molar-refractivity contribution is -0.304. The summed E-state index contributed by atoms with van der Waals surface area (Å²) in [5.41, 5.74) is 2.01. The predicted molar refractivity (Wildman–Crippen MR) is 52.4 cm³/mol. The third-order valence-corrected chi connectivity index (χ3v) is 2.30. The van der Waals surface area contributed by atoms with Crippen LogP contribution in [0.4, 0.5) is 0 Å². The maximum Gasteiger partial charge on any atom is 0.0458 e. The zero-order chi connectivity index (χ0) is 9.68. The van der Waals surface area contributed by atoms with Crippen molar-refractivity contribution in [2.45, 2.75) is 12.2 Å². The number of carbonyl (C=O) groups excluding carboxylic acids is 1. The lowest BCUT2D eigenvalue weighted by Crippen LogP contribution is -2.24. The third-order valence-electron chi connectivity index (χ3n) is 1.68. The van der Waals surface area contributed by atoms with Gasteiger partial charge < -0.3 is 9.90 Å². The summed E-state index contributed by atoms with van der Waals surface area (Å²) >= 11 is 1.75. The van der Waals surface area contributed by atoms with Crippen LogP contribution in [-0.4, -0.2) is 12.2 Å². The number of carboxylic acid groups (broad SMARTS) is 1. The molecular formula is C10H11O2S-. The predicted octanol–water partition coefficient (Wildman–Crippen LogP) is 0.842. The van der Waals surface area contributed by atoms with E-state index in [0.29, 0.717) is 0 Å². The highest BCUT2D eigenvalue weighted by Gasteiger charge is 1.94. The molecule has 0 saturated carbocycles. The number of aliphatic carboxylic acids is 1. The van der Waals surface area contributed by atoms with Crippen molar-refractivity contribution in [3.05, 3.63) is 35.4 Å². The average Bonchev–Trinajstić information content (AvgIpc) is 2.08. The van der Waals surface area contributed by atoms with Gasteiger partial charge in [0.2, 0.25) is 0 Å². The Morgan fingerprint density at radius 2 is 1.85 bits per heavy atom. The highest BCUT2D eigenvalue weighted by molar-refractivity contribution is 7.97. The van der Waals surface area contributed by atoms with E-state index in [2.05, 4.69) is 0 Å². The highest BCUT2D eigenvalue weighted by atomic mass is 32.2. The van der Waals surface area contributed by atoms with Crippen LogP contribution in [0.2, 0.25) is 0 Å². The molecule has 0 aliphatic rings. The summed E-state index contributed by atoms with van der Waals surface area (Å²) in [6, 6.07) is 7.58. The summed E-state index contributed by atoms with van der Waals surface area (Å²) in [6.45, 7) is 0. The Bertz CT molecular complexity index is 279. The fourth-order valence-electron chi connectivity index (χ4n) is 1.09. The van der Waals surface area contributed by atoms with E-state index in [4.69, 9.17) is 0 Å². The number of rotatable bonds is 4. The van der Waals surface area contributed by atoms with Gasteiger partial charge in [-0.25, -0.2) is 0 Å². The number of hydrogen-bond acceptors (Lipinski definition) is 3. The van der Waals surface area contributed by atoms with Crippen LogP contribution in [0.5, 0.6) is 0 Å². The topological polar surface area (TPSA) is 40.1 Å². The zero-order valence-electron chi connectivity index (χ0n) is 7.45. The molecule has 13 heavy (non-hydrogen) atoms. The van der Waals surface area contributed by atoms with Crippen LogP contribution in [0, 0.1) is 0 Å². The lowest BCUT2D eigenvalue weighted by atomic mass is 10.1. The van der Waals surface area contributed by atoms with Crippen LogP contribution in [0.25, 0.3) is 0 Å². The van der Waals surface area contributed by atoms with E-state index in [1.54, 1.807) is 11.8 Å². The molecule has 0 heterocycles. The number of benzene rings is 1. The van der Waals surface area contributed by atoms with Gasteiger partial charge in [0.25, 0.3) is 0 Å². The van der Waals surface area contributed by atoms with E-state index in [1.165, 1.54) is 5.56 Å². The van der Waals surface area contributed by atoms with E-state index >= 15 is 0 Å². The second-order valence-corrected chi connectivity index (χ2v) is 3.66. The Balaban J connectivity index is 2.64. The van der Waals surface area contributed by atoms with Crippen LogP contribution >= 0.6 is 11.8 Å². The van der Waals surface area contributed by atoms with Crippen molar-refractivity contribution in [2.24, 2.45) is 0 Å². The molecule has 0 unspecified atom stereocenters. The standard InChI is InChI=1S/C10H12O2S/c1-13-7-9-4-2-8(3-5-9)6-10(11)12/h2-5H,6-7H2,1H3,(H,11,12)/p-1. The molecule has 3 heteroatoms. The molecule has 0 N–H and O–H groups in total. The van der Waals surface area contributed by atoms with Gasteiger partial charge in [-0.2, -0.15) is 11.8 Å². The molecule has 0 radical (unpaired) electrons. The molecule has 1 aromatic rings. The number of hydrogen-bond donors (Lipinski definition) is 0. The van der Waals surface area contributed by atoms with Gasteiger partial charge in [0, 0.05) is 18.1 Å². The van der Waals surface area contributed by atoms with Crippen LogP contribution in [0.3, 0.4) is 0 Å². The van der Waals surface area contributed by atoms with Crippen LogP contribution in [0.1, 0.15) is 11.1 Å². The quantitative estimate of drug-likeness (QED) is 0.715. The molecule has 0 aromatic heterocycles. The average molecular weight is 195 g/mol. The normalized spacial score (nSPS) is 9.92. The van der Waals surface area contributed by atoms with Gasteiger partial charge in [-0.1, -0.05) is 24.3 Å². The molecule has 70 valence electrons. The molecule has 0 amide bonds. The largest absolute Gasteiger partial charge is 0.550 e. The van der Waals surface area contributed by atoms with Crippen molar-refractivity contribution >= 4 is 17.7 Å². The van der Waals surface area contributed by atoms with E-state index < -0.39 is 5.97 Å². The first-order chi connectivity index (χ1) is 6.22. The van der Waals surface area contributed by atoms with Crippen molar-refractivity contribution in [2.75, 3.05) is 6.26 Å². The first kappa shape index (κ1) is 10.1. The fraction of sp³-hybridized carbons (Fsp3) is 0.300. The van der Waals surface area contributed by atoms with Gasteiger partial charge in [0.15, 0.2) is 0 Å². The van der Waals surface area contributed by atoms with Crippen molar-refractivity contribution < 1.29 is 9.90 Å². The minimum absolute atomic E-state index is 0.000449. The molecule has 0 bridgehead atoms. The van der Waals surface area contributed by atoms with Gasteiger partial charge in [-0.15, -0.1) is 0 Å². The summed E-state index contributed by atoms with van der Waals surface area (Å²) in [4.78, 5) is 10.3. The summed E-state index contributed by atoms with van der Waals surface area (Å²) in [5.74, 6) is -0.0661. The fourth-order valence-corrected chi connectivity index (χ4v) is 1.61. The Morgan fingerprint density at radius 3 is 2.31 bits per heavy atom. The molecule has 0 spiro atoms. The summed E-state index contributed by atoms with van der Waals surface area (Å²) in [5, 5.41) is 10.3. The lowest BCUT2D eigenvalue weighted by Gasteiger charge is -2.03. The summed E-state index contributed by atoms with van der Waals surface area (Å²) in [6.07, 6.45) is 2.04. The van der Waals surface area contributed by atoms with E-state index in [9.17, 15) is 9.90 Å². The number of carbonyl (C=O) groups is 1. The molecule has 0 aliphatic heterocycles. The van der Waals surface area contributed by atoms with Crippen molar-refractivity contribution in [3.63, 3.8) is 0 Å². The maximum atomic E-state index is 10.3. The molecule has 1 rings (SSSR count). The van der Waals surface area contributed by atoms with E-state index in [1.807, 2.05) is 30.5 Å². The second-order valence-electron chi connectivity index (χ2n) is 2.80.